The van der Waals surface area contributed by atoms with Crippen LogP contribution in [-0.2, 0) is 0 Å². The van der Waals surface area contributed by atoms with E-state index in [1.807, 2.05) is 79.0 Å². The fourth-order valence-corrected chi connectivity index (χ4v) is 3.03. The van der Waals surface area contributed by atoms with E-state index < -0.39 is 0 Å². The lowest BCUT2D eigenvalue weighted by Gasteiger charge is -2.14. The highest BCUT2D eigenvalue weighted by atomic mass is 32.1. The first kappa shape index (κ1) is 15.3. The Morgan fingerprint density at radius 3 is 2.43 bits per heavy atom. The zero-order valence-corrected chi connectivity index (χ0v) is 13.9. The van der Waals surface area contributed by atoms with Gasteiger partial charge in [-0.15, -0.1) is 11.3 Å². The summed E-state index contributed by atoms with van der Waals surface area (Å²) >= 11 is 1.69. The van der Waals surface area contributed by atoms with E-state index in [-0.39, 0.29) is 5.91 Å². The molecule has 0 saturated heterocycles. The fraction of sp³-hybridized carbons (Fsp3) is 0.105. The molecule has 0 bridgehead atoms. The second kappa shape index (κ2) is 6.67. The first-order valence-electron chi connectivity index (χ1n) is 7.36. The van der Waals surface area contributed by atoms with Crippen LogP contribution in [0.2, 0.25) is 0 Å². The molecule has 3 nitrogen and oxygen atoms in total. The number of nitrogens with one attached hydrogen (secondary N) is 1. The Bertz CT molecular complexity index is 793. The Kier molecular flexibility index (Phi) is 4.44. The number of amides is 1. The minimum atomic E-state index is -0.0985. The number of carbonyl (C=O) groups is 1. The summed E-state index contributed by atoms with van der Waals surface area (Å²) in [7, 11) is 3.95. The maximum atomic E-state index is 12.4. The molecule has 116 valence electrons. The Morgan fingerprint density at radius 2 is 1.78 bits per heavy atom. The summed E-state index contributed by atoms with van der Waals surface area (Å²) in [5.74, 6) is -0.0985. The predicted octanol–water partition coefficient (Wildman–Crippen LogP) is 4.73. The van der Waals surface area contributed by atoms with Gasteiger partial charge in [0.05, 0.1) is 0 Å². The number of anilines is 2. The van der Waals surface area contributed by atoms with Gasteiger partial charge >= 0.3 is 0 Å². The largest absolute Gasteiger partial charge is 0.378 e. The predicted molar refractivity (Wildman–Crippen MR) is 98.5 cm³/mol. The van der Waals surface area contributed by atoms with E-state index in [1.165, 1.54) is 4.88 Å². The van der Waals surface area contributed by atoms with Crippen LogP contribution in [0.1, 0.15) is 10.4 Å². The minimum Gasteiger partial charge on any atom is -0.378 e. The molecule has 0 radical (unpaired) electrons. The molecule has 1 amide bonds. The third kappa shape index (κ3) is 3.60. The second-order valence-electron chi connectivity index (χ2n) is 5.45. The molecule has 0 fully saturated rings. The van der Waals surface area contributed by atoms with Crippen molar-refractivity contribution in [3.05, 3.63) is 71.6 Å². The minimum absolute atomic E-state index is 0.0985. The highest BCUT2D eigenvalue weighted by Crippen LogP contribution is 2.25. The zero-order valence-electron chi connectivity index (χ0n) is 13.1. The smallest absolute Gasteiger partial charge is 0.255 e. The first-order chi connectivity index (χ1) is 11.1. The van der Waals surface area contributed by atoms with Gasteiger partial charge in [0.25, 0.3) is 5.91 Å². The highest BCUT2D eigenvalue weighted by Gasteiger charge is 2.07. The van der Waals surface area contributed by atoms with Gasteiger partial charge in [0.1, 0.15) is 0 Å². The van der Waals surface area contributed by atoms with Crippen LogP contribution < -0.4 is 10.2 Å². The molecular weight excluding hydrogens is 304 g/mol. The lowest BCUT2D eigenvalue weighted by Crippen LogP contribution is -2.13. The van der Waals surface area contributed by atoms with Gasteiger partial charge in [-0.3, -0.25) is 4.79 Å². The van der Waals surface area contributed by atoms with Gasteiger partial charge in [-0.25, -0.2) is 0 Å². The topological polar surface area (TPSA) is 32.3 Å². The molecule has 0 spiro atoms. The molecule has 1 N–H and O–H groups in total. The maximum absolute atomic E-state index is 12.4. The van der Waals surface area contributed by atoms with E-state index >= 15 is 0 Å². The molecule has 0 aliphatic heterocycles. The van der Waals surface area contributed by atoms with Crippen molar-refractivity contribution in [3.8, 4) is 10.4 Å². The molecule has 3 aromatic rings. The molecule has 2 aromatic carbocycles. The molecule has 23 heavy (non-hydrogen) atoms. The van der Waals surface area contributed by atoms with Gasteiger partial charge in [0.2, 0.25) is 0 Å². The molecule has 0 saturated carbocycles. The van der Waals surface area contributed by atoms with Crippen LogP contribution in [0.25, 0.3) is 10.4 Å². The molecule has 1 aromatic heterocycles. The first-order valence-corrected chi connectivity index (χ1v) is 8.24. The van der Waals surface area contributed by atoms with E-state index in [0.29, 0.717) is 5.56 Å². The summed E-state index contributed by atoms with van der Waals surface area (Å²) < 4.78 is 0. The summed E-state index contributed by atoms with van der Waals surface area (Å²) in [5, 5.41) is 4.99. The Morgan fingerprint density at radius 1 is 1.00 bits per heavy atom. The zero-order chi connectivity index (χ0) is 16.2. The lowest BCUT2D eigenvalue weighted by molar-refractivity contribution is 0.102. The monoisotopic (exact) mass is 322 g/mol. The Labute approximate surface area is 140 Å². The number of nitrogens with zero attached hydrogens (tertiary/aromatic N) is 1. The van der Waals surface area contributed by atoms with Gasteiger partial charge in [0.15, 0.2) is 0 Å². The molecule has 0 aliphatic rings. The SMILES string of the molecule is CN(C)c1cccc(NC(=O)c2ccc(-c3cccs3)cc2)c1. The Hall–Kier alpha value is -2.59. The van der Waals surface area contributed by atoms with Crippen molar-refractivity contribution in [1.29, 1.82) is 0 Å². The van der Waals surface area contributed by atoms with Crippen LogP contribution in [0.15, 0.2) is 66.0 Å². The molecule has 0 atom stereocenters. The summed E-state index contributed by atoms with van der Waals surface area (Å²) in [4.78, 5) is 15.6. The van der Waals surface area contributed by atoms with Crippen LogP contribution in [0.3, 0.4) is 0 Å². The van der Waals surface area contributed by atoms with Crippen molar-refractivity contribution < 1.29 is 4.79 Å². The van der Waals surface area contributed by atoms with Crippen molar-refractivity contribution in [3.63, 3.8) is 0 Å². The number of benzene rings is 2. The van der Waals surface area contributed by atoms with Crippen molar-refractivity contribution in [2.24, 2.45) is 0 Å². The quantitative estimate of drug-likeness (QED) is 0.753. The molecule has 0 aliphatic carbocycles. The summed E-state index contributed by atoms with van der Waals surface area (Å²) in [6.45, 7) is 0. The van der Waals surface area contributed by atoms with E-state index in [1.54, 1.807) is 11.3 Å². The average molecular weight is 322 g/mol. The van der Waals surface area contributed by atoms with E-state index in [9.17, 15) is 4.79 Å². The van der Waals surface area contributed by atoms with E-state index in [4.69, 9.17) is 0 Å². The summed E-state index contributed by atoms with van der Waals surface area (Å²) in [5.41, 5.74) is 3.63. The van der Waals surface area contributed by atoms with Crippen LogP contribution >= 0.6 is 11.3 Å². The number of hydrogen-bond donors (Lipinski definition) is 1. The van der Waals surface area contributed by atoms with E-state index in [0.717, 1.165) is 16.9 Å². The second-order valence-corrected chi connectivity index (χ2v) is 6.40. The van der Waals surface area contributed by atoms with Crippen molar-refractivity contribution in [2.75, 3.05) is 24.3 Å². The van der Waals surface area contributed by atoms with Crippen molar-refractivity contribution in [1.82, 2.24) is 0 Å². The average Bonchev–Trinajstić information content (AvgIpc) is 3.09. The van der Waals surface area contributed by atoms with Gasteiger partial charge in [0, 0.05) is 35.9 Å². The fourth-order valence-electron chi connectivity index (χ4n) is 2.29. The molecule has 0 unspecified atom stereocenters. The number of rotatable bonds is 4. The maximum Gasteiger partial charge on any atom is 0.255 e. The Balaban J connectivity index is 1.74. The normalized spacial score (nSPS) is 10.3. The van der Waals surface area contributed by atoms with Crippen molar-refractivity contribution in [2.45, 2.75) is 0 Å². The lowest BCUT2D eigenvalue weighted by atomic mass is 10.1. The van der Waals surface area contributed by atoms with Crippen LogP contribution in [-0.4, -0.2) is 20.0 Å². The summed E-state index contributed by atoms with van der Waals surface area (Å²) in [6, 6.07) is 19.6. The molecule has 3 rings (SSSR count). The van der Waals surface area contributed by atoms with Gasteiger partial charge < -0.3 is 10.2 Å². The summed E-state index contributed by atoms with van der Waals surface area (Å²) in [6.07, 6.45) is 0. The number of thiophene rings is 1. The van der Waals surface area contributed by atoms with Crippen LogP contribution in [0.5, 0.6) is 0 Å². The molecule has 4 heteroatoms. The van der Waals surface area contributed by atoms with Gasteiger partial charge in [-0.05, 0) is 47.3 Å². The highest BCUT2D eigenvalue weighted by molar-refractivity contribution is 7.13. The number of carbonyl (C=O) groups excluding carboxylic acids is 1. The van der Waals surface area contributed by atoms with Gasteiger partial charge in [-0.1, -0.05) is 24.3 Å². The third-order valence-corrected chi connectivity index (χ3v) is 4.49. The molecule has 1 heterocycles. The van der Waals surface area contributed by atoms with Crippen LogP contribution in [0.4, 0.5) is 11.4 Å². The molecular formula is C19H18N2OS. The van der Waals surface area contributed by atoms with Crippen molar-refractivity contribution >= 4 is 28.6 Å². The van der Waals surface area contributed by atoms with Crippen LogP contribution in [0, 0.1) is 0 Å². The third-order valence-electron chi connectivity index (χ3n) is 3.57. The van der Waals surface area contributed by atoms with Gasteiger partial charge in [-0.2, -0.15) is 0 Å². The standard InChI is InChI=1S/C19H18N2OS/c1-21(2)17-6-3-5-16(13-17)20-19(22)15-10-8-14(9-11-15)18-7-4-12-23-18/h3-13H,1-2H3,(H,20,22). The number of hydrogen-bond acceptors (Lipinski definition) is 3. The van der Waals surface area contributed by atoms with E-state index in [2.05, 4.69) is 11.4 Å².